The summed E-state index contributed by atoms with van der Waals surface area (Å²) in [6, 6.07) is 22.6. The number of rotatable bonds is 6. The molecule has 0 aliphatic heterocycles. The van der Waals surface area contributed by atoms with Crippen LogP contribution in [0, 0.1) is 0 Å². The third-order valence-corrected chi connectivity index (χ3v) is 5.59. The highest BCUT2D eigenvalue weighted by Gasteiger charge is 2.17. The summed E-state index contributed by atoms with van der Waals surface area (Å²) in [6.45, 7) is 0. The third-order valence-electron chi connectivity index (χ3n) is 5.37. The molecular formula is C27H18ClN5O2. The second kappa shape index (κ2) is 9.70. The Morgan fingerprint density at radius 3 is 2.46 bits per heavy atom. The first-order chi connectivity index (χ1) is 17.1. The molecule has 0 radical (unpaired) electrons. The van der Waals surface area contributed by atoms with Crippen LogP contribution in [-0.2, 0) is 0 Å². The van der Waals surface area contributed by atoms with Crippen LogP contribution in [0.15, 0.2) is 78.9 Å². The lowest BCUT2D eigenvalue weighted by Crippen LogP contribution is -1.97. The molecule has 3 aromatic carbocycles. The second-order valence-electron chi connectivity index (χ2n) is 7.73. The van der Waals surface area contributed by atoms with E-state index in [1.807, 2.05) is 66.7 Å². The number of halogens is 1. The smallest absolute Gasteiger partial charge is 0.189 e. The number of hydrogen-bond acceptors (Lipinski definition) is 6. The molecule has 5 aromatic rings. The van der Waals surface area contributed by atoms with Crippen molar-refractivity contribution in [1.29, 1.82) is 0 Å². The van der Waals surface area contributed by atoms with Crippen molar-refractivity contribution in [2.24, 2.45) is 0 Å². The van der Waals surface area contributed by atoms with Crippen molar-refractivity contribution in [3.8, 4) is 17.1 Å². The molecule has 35 heavy (non-hydrogen) atoms. The summed E-state index contributed by atoms with van der Waals surface area (Å²) in [5, 5.41) is 25.2. The lowest BCUT2D eigenvalue weighted by molar-refractivity contribution is 0.104. The largest absolute Gasteiger partial charge is 0.506 e. The number of aromatic hydroxyl groups is 1. The molecule has 0 aliphatic rings. The van der Waals surface area contributed by atoms with Crippen molar-refractivity contribution in [2.75, 3.05) is 0 Å². The Morgan fingerprint density at radius 2 is 1.69 bits per heavy atom. The van der Waals surface area contributed by atoms with Gasteiger partial charge in [0.05, 0.1) is 22.3 Å². The average Bonchev–Trinajstić information content (AvgIpc) is 3.42. The van der Waals surface area contributed by atoms with Crippen molar-refractivity contribution in [3.63, 3.8) is 0 Å². The highest BCUT2D eigenvalue weighted by atomic mass is 35.5. The minimum absolute atomic E-state index is 0.0580. The van der Waals surface area contributed by atoms with Gasteiger partial charge in [-0.15, -0.1) is 5.10 Å². The molecule has 2 N–H and O–H groups in total. The Hall–Kier alpha value is -4.62. The van der Waals surface area contributed by atoms with Gasteiger partial charge in [0.25, 0.3) is 0 Å². The number of H-pyrrole nitrogens is 1. The predicted octanol–water partition coefficient (Wildman–Crippen LogP) is 5.84. The van der Waals surface area contributed by atoms with Gasteiger partial charge >= 0.3 is 0 Å². The van der Waals surface area contributed by atoms with Gasteiger partial charge in [0.2, 0.25) is 0 Å². The number of nitrogens with one attached hydrogen (secondary N) is 1. The van der Waals surface area contributed by atoms with Gasteiger partial charge in [-0.3, -0.25) is 4.79 Å². The van der Waals surface area contributed by atoms with Crippen LogP contribution in [0.25, 0.3) is 40.5 Å². The zero-order chi connectivity index (χ0) is 24.2. The molecule has 0 aliphatic carbocycles. The van der Waals surface area contributed by atoms with E-state index in [2.05, 4.69) is 31.7 Å². The number of phenols is 1. The van der Waals surface area contributed by atoms with Gasteiger partial charge in [-0.05, 0) is 58.0 Å². The number of tetrazole rings is 1. The molecule has 2 heterocycles. The third kappa shape index (κ3) is 5.00. The fraction of sp³-hybridized carbons (Fsp3) is 0. The summed E-state index contributed by atoms with van der Waals surface area (Å²) in [4.78, 5) is 17.4. The Kier molecular flexibility index (Phi) is 6.15. The monoisotopic (exact) mass is 479 g/mol. The van der Waals surface area contributed by atoms with E-state index in [4.69, 9.17) is 11.6 Å². The minimum Gasteiger partial charge on any atom is -0.506 e. The van der Waals surface area contributed by atoms with Gasteiger partial charge < -0.3 is 5.11 Å². The Morgan fingerprint density at radius 1 is 0.914 bits per heavy atom. The lowest BCUT2D eigenvalue weighted by atomic mass is 10.0. The summed E-state index contributed by atoms with van der Waals surface area (Å²) in [7, 11) is 0. The number of allylic oxidation sites excluding steroid dienone is 1. The zero-order valence-electron chi connectivity index (χ0n) is 18.3. The van der Waals surface area contributed by atoms with Crippen LogP contribution >= 0.6 is 11.6 Å². The van der Waals surface area contributed by atoms with Crippen LogP contribution in [0.5, 0.6) is 5.75 Å². The Labute approximate surface area is 205 Å². The fourth-order valence-electron chi connectivity index (χ4n) is 3.58. The highest BCUT2D eigenvalue weighted by molar-refractivity contribution is 6.31. The summed E-state index contributed by atoms with van der Waals surface area (Å²) >= 11 is 6.14. The average molecular weight is 480 g/mol. The summed E-state index contributed by atoms with van der Waals surface area (Å²) in [6.07, 6.45) is 7.01. The minimum atomic E-state index is -0.398. The van der Waals surface area contributed by atoms with E-state index in [0.29, 0.717) is 0 Å². The Balaban J connectivity index is 1.30. The second-order valence-corrected chi connectivity index (χ2v) is 8.16. The van der Waals surface area contributed by atoms with E-state index in [1.165, 1.54) is 18.2 Å². The van der Waals surface area contributed by atoms with Crippen LogP contribution in [0.4, 0.5) is 0 Å². The molecule has 7 nitrogen and oxygen atoms in total. The van der Waals surface area contributed by atoms with E-state index in [9.17, 15) is 9.90 Å². The van der Waals surface area contributed by atoms with E-state index < -0.39 is 5.78 Å². The highest BCUT2D eigenvalue weighted by Crippen LogP contribution is 2.33. The number of para-hydroxylation sites is 1. The SMILES string of the molecule is O=C(/C=C/c1ccc(/C=C/c2ccc3ccccc3n2)cc1)c1cc(Cl)cc(-c2nnn[nH]2)c1O. The van der Waals surface area contributed by atoms with Crippen molar-refractivity contribution in [1.82, 2.24) is 25.6 Å². The standard InChI is InChI=1S/C27H18ClN5O2/c28-20-15-22(26(35)23(16-20)27-30-32-33-31-27)25(34)14-10-18-7-5-17(6-8-18)9-12-21-13-11-19-3-1-2-4-24(19)29-21/h1-16,35H,(H,30,31,32,33)/b12-9+,14-10+. The maximum Gasteiger partial charge on any atom is 0.189 e. The molecule has 2 aromatic heterocycles. The molecule has 8 heteroatoms. The normalized spacial score (nSPS) is 11.6. The van der Waals surface area contributed by atoms with Gasteiger partial charge in [0.1, 0.15) is 5.75 Å². The fourth-order valence-corrected chi connectivity index (χ4v) is 3.80. The maximum absolute atomic E-state index is 12.7. The molecule has 5 rings (SSSR count). The van der Waals surface area contributed by atoms with Gasteiger partial charge in [0.15, 0.2) is 11.6 Å². The van der Waals surface area contributed by atoms with Gasteiger partial charge in [-0.1, -0.05) is 72.3 Å². The number of benzene rings is 3. The molecule has 170 valence electrons. The Bertz CT molecular complexity index is 1580. The van der Waals surface area contributed by atoms with Crippen molar-refractivity contribution < 1.29 is 9.90 Å². The summed E-state index contributed by atoms with van der Waals surface area (Å²) < 4.78 is 0. The van der Waals surface area contributed by atoms with Crippen molar-refractivity contribution in [2.45, 2.75) is 0 Å². The molecular weight excluding hydrogens is 462 g/mol. The van der Waals surface area contributed by atoms with Crippen molar-refractivity contribution in [3.05, 3.63) is 106 Å². The summed E-state index contributed by atoms with van der Waals surface area (Å²) in [5.41, 5.74) is 3.97. The van der Waals surface area contributed by atoms with Crippen LogP contribution in [0.3, 0.4) is 0 Å². The van der Waals surface area contributed by atoms with Gasteiger partial charge in [0, 0.05) is 10.4 Å². The van der Waals surface area contributed by atoms with Crippen LogP contribution in [-0.4, -0.2) is 36.5 Å². The molecule has 0 atom stereocenters. The van der Waals surface area contributed by atoms with E-state index in [-0.39, 0.29) is 27.7 Å². The number of hydrogen-bond donors (Lipinski definition) is 2. The number of fused-ring (bicyclic) bond motifs is 1. The number of carbonyl (C=O) groups is 1. The number of carbonyl (C=O) groups excluding carboxylic acids is 1. The maximum atomic E-state index is 12.7. The number of pyridine rings is 1. The van der Waals surface area contributed by atoms with E-state index in [0.717, 1.165) is 27.7 Å². The van der Waals surface area contributed by atoms with E-state index in [1.54, 1.807) is 6.08 Å². The van der Waals surface area contributed by atoms with Crippen LogP contribution in [0.2, 0.25) is 5.02 Å². The molecule has 0 amide bonds. The first kappa shape index (κ1) is 22.2. The topological polar surface area (TPSA) is 105 Å². The molecule has 0 spiro atoms. The molecule has 0 fully saturated rings. The van der Waals surface area contributed by atoms with Crippen LogP contribution < -0.4 is 0 Å². The first-order valence-electron chi connectivity index (χ1n) is 10.7. The number of phenolic OH excluding ortho intramolecular Hbond substituents is 1. The molecule has 0 unspecified atom stereocenters. The van der Waals surface area contributed by atoms with Gasteiger partial charge in [-0.25, -0.2) is 10.1 Å². The number of aromatic amines is 1. The van der Waals surface area contributed by atoms with Crippen molar-refractivity contribution >= 4 is 46.5 Å². The predicted molar refractivity (Wildman–Crippen MR) is 137 cm³/mol. The molecule has 0 bridgehead atoms. The van der Waals surface area contributed by atoms with E-state index >= 15 is 0 Å². The number of aromatic nitrogens is 5. The quantitative estimate of drug-likeness (QED) is 0.234. The molecule has 0 saturated carbocycles. The number of ketones is 1. The first-order valence-corrected chi connectivity index (χ1v) is 11.1. The van der Waals surface area contributed by atoms with Gasteiger partial charge in [-0.2, -0.15) is 0 Å². The lowest BCUT2D eigenvalue weighted by Gasteiger charge is -2.06. The zero-order valence-corrected chi connectivity index (χ0v) is 19.0. The number of nitrogens with zero attached hydrogens (tertiary/aromatic N) is 4. The van der Waals surface area contributed by atoms with Crippen LogP contribution in [0.1, 0.15) is 27.2 Å². The summed E-state index contributed by atoms with van der Waals surface area (Å²) in [5.74, 6) is -0.430. The molecule has 0 saturated heterocycles.